The predicted molar refractivity (Wildman–Crippen MR) is 93.3 cm³/mol. The second-order valence-corrected chi connectivity index (χ2v) is 7.51. The Morgan fingerprint density at radius 1 is 0.727 bits per heavy atom. The Bertz CT molecular complexity index is 612. The van der Waals surface area contributed by atoms with Gasteiger partial charge in [-0.1, -0.05) is 62.4 Å². The molecule has 0 amide bonds. The minimum atomic E-state index is 0.743. The fourth-order valence-electron chi connectivity index (χ4n) is 5.19. The second-order valence-electron chi connectivity index (χ2n) is 7.51. The highest BCUT2D eigenvalue weighted by molar-refractivity contribution is 5.40. The number of hydrogen-bond acceptors (Lipinski definition) is 0. The molecule has 0 heterocycles. The number of hydrogen-bond donors (Lipinski definition) is 0. The predicted octanol–water partition coefficient (Wildman–Crippen LogP) is 5.72. The molecule has 0 radical (unpaired) electrons. The zero-order valence-electron chi connectivity index (χ0n) is 13.8. The van der Waals surface area contributed by atoms with E-state index < -0.39 is 0 Å². The normalized spacial score (nSPS) is 24.3. The summed E-state index contributed by atoms with van der Waals surface area (Å²) in [7, 11) is 0. The van der Waals surface area contributed by atoms with Crippen LogP contribution in [0.15, 0.2) is 48.5 Å². The van der Waals surface area contributed by atoms with Gasteiger partial charge in [-0.3, -0.25) is 0 Å². The van der Waals surface area contributed by atoms with E-state index >= 15 is 0 Å². The summed E-state index contributed by atoms with van der Waals surface area (Å²) in [5.41, 5.74) is 6.49. The summed E-state index contributed by atoms with van der Waals surface area (Å²) in [5.74, 6) is 3.04. The molecule has 0 aromatic heterocycles. The number of fused-ring (bicyclic) bond motifs is 2. The molecule has 0 fully saturated rings. The van der Waals surface area contributed by atoms with E-state index in [9.17, 15) is 0 Å². The fourth-order valence-corrected chi connectivity index (χ4v) is 5.19. The van der Waals surface area contributed by atoms with Gasteiger partial charge < -0.3 is 0 Å². The van der Waals surface area contributed by atoms with E-state index in [1.807, 2.05) is 0 Å². The summed E-state index contributed by atoms with van der Waals surface area (Å²) in [6, 6.07) is 18.3. The van der Waals surface area contributed by atoms with Gasteiger partial charge in [0.15, 0.2) is 0 Å². The number of aryl methyl sites for hydroxylation is 2. The number of benzene rings is 2. The monoisotopic (exact) mass is 290 g/mol. The van der Waals surface area contributed by atoms with Crippen molar-refractivity contribution in [2.45, 2.75) is 51.4 Å². The van der Waals surface area contributed by atoms with Crippen LogP contribution in [0.1, 0.15) is 60.8 Å². The minimum absolute atomic E-state index is 0.743. The smallest absolute Gasteiger partial charge is 0.0119 e. The molecule has 0 bridgehead atoms. The van der Waals surface area contributed by atoms with Crippen LogP contribution in [0, 0.1) is 11.8 Å². The SMILES string of the molecule is CC(C)C(C1CCc2ccccc21)C1CCc2ccccc21. The highest BCUT2D eigenvalue weighted by atomic mass is 14.4. The zero-order chi connectivity index (χ0) is 15.1. The summed E-state index contributed by atoms with van der Waals surface area (Å²) in [6.45, 7) is 4.87. The van der Waals surface area contributed by atoms with E-state index in [4.69, 9.17) is 0 Å². The van der Waals surface area contributed by atoms with Crippen molar-refractivity contribution in [3.05, 3.63) is 70.8 Å². The zero-order valence-corrected chi connectivity index (χ0v) is 13.8. The van der Waals surface area contributed by atoms with Gasteiger partial charge in [-0.05, 0) is 71.6 Å². The topological polar surface area (TPSA) is 0 Å². The Labute approximate surface area is 134 Å². The third kappa shape index (κ3) is 2.20. The van der Waals surface area contributed by atoms with Crippen LogP contribution in [-0.2, 0) is 12.8 Å². The van der Waals surface area contributed by atoms with Crippen molar-refractivity contribution in [2.24, 2.45) is 11.8 Å². The average Bonchev–Trinajstić information content (AvgIpc) is 3.13. The third-order valence-corrected chi connectivity index (χ3v) is 6.06. The first-order chi connectivity index (χ1) is 10.8. The van der Waals surface area contributed by atoms with Gasteiger partial charge in [0.1, 0.15) is 0 Å². The maximum Gasteiger partial charge on any atom is -0.0119 e. The lowest BCUT2D eigenvalue weighted by molar-refractivity contribution is 0.260. The first-order valence-electron chi connectivity index (χ1n) is 8.91. The highest BCUT2D eigenvalue weighted by Crippen LogP contribution is 2.51. The van der Waals surface area contributed by atoms with Gasteiger partial charge in [0.25, 0.3) is 0 Å². The van der Waals surface area contributed by atoms with Crippen LogP contribution in [0.3, 0.4) is 0 Å². The van der Waals surface area contributed by atoms with Gasteiger partial charge in [0, 0.05) is 0 Å². The fraction of sp³-hybridized carbons (Fsp3) is 0.455. The van der Waals surface area contributed by atoms with Crippen LogP contribution in [0.4, 0.5) is 0 Å². The highest BCUT2D eigenvalue weighted by Gasteiger charge is 2.39. The largest absolute Gasteiger partial charge is 0.0625 e. The molecule has 0 aliphatic heterocycles. The Morgan fingerprint density at radius 2 is 1.18 bits per heavy atom. The van der Waals surface area contributed by atoms with Crippen LogP contribution in [-0.4, -0.2) is 0 Å². The summed E-state index contributed by atoms with van der Waals surface area (Å²) in [4.78, 5) is 0. The molecule has 0 N–H and O–H groups in total. The Hall–Kier alpha value is -1.56. The van der Waals surface area contributed by atoms with Crippen LogP contribution in [0.25, 0.3) is 0 Å². The maximum absolute atomic E-state index is 2.44. The second kappa shape index (κ2) is 5.57. The summed E-state index contributed by atoms with van der Waals surface area (Å²) < 4.78 is 0. The van der Waals surface area contributed by atoms with E-state index in [0.717, 1.165) is 23.7 Å². The molecular formula is C22H26. The van der Waals surface area contributed by atoms with Gasteiger partial charge in [-0.2, -0.15) is 0 Å². The van der Waals surface area contributed by atoms with E-state index in [0.29, 0.717) is 0 Å². The molecule has 4 rings (SSSR count). The molecule has 0 heteroatoms. The van der Waals surface area contributed by atoms with Crippen LogP contribution < -0.4 is 0 Å². The van der Waals surface area contributed by atoms with Crippen molar-refractivity contribution in [1.29, 1.82) is 0 Å². The maximum atomic E-state index is 2.44. The van der Waals surface area contributed by atoms with Crippen molar-refractivity contribution in [2.75, 3.05) is 0 Å². The van der Waals surface area contributed by atoms with Crippen molar-refractivity contribution < 1.29 is 0 Å². The summed E-state index contributed by atoms with van der Waals surface area (Å²) in [6.07, 6.45) is 5.25. The van der Waals surface area contributed by atoms with Gasteiger partial charge in [-0.15, -0.1) is 0 Å². The van der Waals surface area contributed by atoms with Gasteiger partial charge >= 0.3 is 0 Å². The lowest BCUT2D eigenvalue weighted by Gasteiger charge is -2.34. The van der Waals surface area contributed by atoms with Crippen molar-refractivity contribution in [3.8, 4) is 0 Å². The quantitative estimate of drug-likeness (QED) is 0.678. The third-order valence-electron chi connectivity index (χ3n) is 6.06. The van der Waals surface area contributed by atoms with E-state index in [-0.39, 0.29) is 0 Å². The Kier molecular flexibility index (Phi) is 3.56. The molecule has 2 atom stereocenters. The molecule has 0 spiro atoms. The molecule has 0 saturated carbocycles. The minimum Gasteiger partial charge on any atom is -0.0625 e. The molecule has 2 aromatic carbocycles. The van der Waals surface area contributed by atoms with Crippen LogP contribution in [0.5, 0.6) is 0 Å². The Morgan fingerprint density at radius 3 is 1.64 bits per heavy atom. The molecular weight excluding hydrogens is 264 g/mol. The van der Waals surface area contributed by atoms with Crippen molar-refractivity contribution in [1.82, 2.24) is 0 Å². The van der Waals surface area contributed by atoms with Gasteiger partial charge in [-0.25, -0.2) is 0 Å². The lowest BCUT2D eigenvalue weighted by atomic mass is 9.70. The molecule has 114 valence electrons. The molecule has 0 saturated heterocycles. The molecule has 2 aliphatic rings. The molecule has 0 nitrogen and oxygen atoms in total. The molecule has 22 heavy (non-hydrogen) atoms. The van der Waals surface area contributed by atoms with E-state index in [1.54, 1.807) is 22.3 Å². The summed E-state index contributed by atoms with van der Waals surface area (Å²) in [5, 5.41) is 0. The lowest BCUT2D eigenvalue weighted by Crippen LogP contribution is -2.23. The molecule has 2 aliphatic carbocycles. The van der Waals surface area contributed by atoms with Gasteiger partial charge in [0.2, 0.25) is 0 Å². The first kappa shape index (κ1) is 14.1. The Balaban J connectivity index is 1.72. The first-order valence-corrected chi connectivity index (χ1v) is 8.91. The van der Waals surface area contributed by atoms with Gasteiger partial charge in [0.05, 0.1) is 0 Å². The van der Waals surface area contributed by atoms with Crippen molar-refractivity contribution >= 4 is 0 Å². The van der Waals surface area contributed by atoms with Crippen LogP contribution in [0.2, 0.25) is 0 Å². The van der Waals surface area contributed by atoms with E-state index in [1.165, 1.54) is 25.7 Å². The average molecular weight is 290 g/mol. The number of rotatable bonds is 3. The molecule has 2 unspecified atom stereocenters. The molecule has 2 aromatic rings. The van der Waals surface area contributed by atoms with Crippen LogP contribution >= 0.6 is 0 Å². The van der Waals surface area contributed by atoms with Crippen molar-refractivity contribution in [3.63, 3.8) is 0 Å². The van der Waals surface area contributed by atoms with E-state index in [2.05, 4.69) is 62.4 Å². The summed E-state index contributed by atoms with van der Waals surface area (Å²) >= 11 is 0. The standard InChI is InChI=1S/C22H26/c1-15(2)22(20-13-11-16-7-3-5-9-18(16)20)21-14-12-17-8-4-6-10-19(17)21/h3-10,15,20-22H,11-14H2,1-2H3.